The van der Waals surface area contributed by atoms with Crippen LogP contribution in [0.4, 0.5) is 21.0 Å². The maximum absolute atomic E-state index is 12.9. The van der Waals surface area contributed by atoms with Crippen molar-refractivity contribution in [3.05, 3.63) is 57.6 Å². The molecule has 0 bridgehead atoms. The molecule has 188 valence electrons. The van der Waals surface area contributed by atoms with Gasteiger partial charge in [-0.05, 0) is 31.9 Å². The first kappa shape index (κ1) is 25.6. The highest BCUT2D eigenvalue weighted by molar-refractivity contribution is 5.91. The maximum atomic E-state index is 12.9. The molecule has 1 aliphatic heterocycles. The van der Waals surface area contributed by atoms with Crippen molar-refractivity contribution in [1.29, 1.82) is 0 Å². The minimum absolute atomic E-state index is 0.0445. The van der Waals surface area contributed by atoms with E-state index in [1.165, 1.54) is 38.4 Å². The van der Waals surface area contributed by atoms with Crippen LogP contribution in [0.5, 0.6) is 11.5 Å². The summed E-state index contributed by atoms with van der Waals surface area (Å²) in [7, 11) is 4.29. The number of carbonyl (C=O) groups is 2. The number of nitro benzene ring substituents is 1. The van der Waals surface area contributed by atoms with Crippen LogP contribution in [-0.4, -0.2) is 56.0 Å². The van der Waals surface area contributed by atoms with Gasteiger partial charge in [-0.3, -0.25) is 19.9 Å². The van der Waals surface area contributed by atoms with Crippen molar-refractivity contribution < 1.29 is 33.5 Å². The Morgan fingerprint density at radius 3 is 2.29 bits per heavy atom. The minimum Gasteiger partial charge on any atom is -0.493 e. The Bertz CT molecular complexity index is 1090. The number of benzene rings is 2. The molecule has 0 fully saturated rings. The third-order valence-corrected chi connectivity index (χ3v) is 5.91. The van der Waals surface area contributed by atoms with Crippen molar-refractivity contribution in [3.8, 4) is 11.5 Å². The molecule has 11 nitrogen and oxygen atoms in total. The first-order chi connectivity index (χ1) is 16.7. The number of hydrogen-bond donors (Lipinski definition) is 0. The number of carbonyl (C=O) groups excluding carboxylic acids is 2. The number of ether oxygens (including phenoxy) is 4. The smallest absolute Gasteiger partial charge is 0.414 e. The average molecular weight is 488 g/mol. The molecular weight excluding hydrogens is 458 g/mol. The van der Waals surface area contributed by atoms with Gasteiger partial charge in [0.1, 0.15) is 0 Å². The van der Waals surface area contributed by atoms with E-state index in [1.807, 2.05) is 6.92 Å². The number of methoxy groups -OCH3 is 3. The summed E-state index contributed by atoms with van der Waals surface area (Å²) in [4.78, 5) is 39.4. The zero-order valence-corrected chi connectivity index (χ0v) is 20.3. The molecule has 35 heavy (non-hydrogen) atoms. The third kappa shape index (κ3) is 5.23. The molecule has 0 N–H and O–H groups in total. The van der Waals surface area contributed by atoms with Crippen LogP contribution in [0.1, 0.15) is 37.4 Å². The van der Waals surface area contributed by atoms with Crippen molar-refractivity contribution in [2.24, 2.45) is 0 Å². The van der Waals surface area contributed by atoms with Gasteiger partial charge >= 0.3 is 12.2 Å². The van der Waals surface area contributed by atoms with Gasteiger partial charge in [-0.15, -0.1) is 0 Å². The van der Waals surface area contributed by atoms with Gasteiger partial charge in [-0.25, -0.2) is 9.59 Å². The monoisotopic (exact) mass is 487 g/mol. The molecule has 2 atom stereocenters. The lowest BCUT2D eigenvalue weighted by Gasteiger charge is -2.42. The lowest BCUT2D eigenvalue weighted by Crippen LogP contribution is -2.47. The Kier molecular flexibility index (Phi) is 8.00. The van der Waals surface area contributed by atoms with Gasteiger partial charge in [0.05, 0.1) is 44.6 Å². The molecule has 11 heteroatoms. The fraction of sp³-hybridized carbons (Fsp3) is 0.417. The summed E-state index contributed by atoms with van der Waals surface area (Å²) in [5.41, 5.74) is 1.82. The van der Waals surface area contributed by atoms with E-state index in [0.717, 1.165) is 0 Å². The number of fused-ring (bicyclic) bond motifs is 1. The van der Waals surface area contributed by atoms with Crippen LogP contribution in [0, 0.1) is 10.1 Å². The second kappa shape index (κ2) is 10.9. The lowest BCUT2D eigenvalue weighted by atomic mass is 9.90. The molecular formula is C24H29N3O8. The quantitative estimate of drug-likeness (QED) is 0.408. The molecule has 0 saturated carbocycles. The highest BCUT2D eigenvalue weighted by Gasteiger charge is 2.40. The summed E-state index contributed by atoms with van der Waals surface area (Å²) >= 11 is 0. The van der Waals surface area contributed by atoms with Crippen LogP contribution < -0.4 is 14.4 Å². The van der Waals surface area contributed by atoms with Gasteiger partial charge in [0.25, 0.3) is 5.69 Å². The first-order valence-electron chi connectivity index (χ1n) is 11.0. The Morgan fingerprint density at radius 1 is 1.11 bits per heavy atom. The lowest BCUT2D eigenvalue weighted by molar-refractivity contribution is -0.384. The maximum Gasteiger partial charge on any atom is 0.414 e. The third-order valence-electron chi connectivity index (χ3n) is 5.91. The highest BCUT2D eigenvalue weighted by atomic mass is 16.6. The van der Waals surface area contributed by atoms with Crippen molar-refractivity contribution >= 4 is 23.6 Å². The molecule has 2 aromatic carbocycles. The number of anilines is 1. The molecule has 2 aromatic rings. The zero-order valence-electron chi connectivity index (χ0n) is 20.3. The van der Waals surface area contributed by atoms with Crippen LogP contribution in [0.15, 0.2) is 36.4 Å². The van der Waals surface area contributed by atoms with E-state index >= 15 is 0 Å². The van der Waals surface area contributed by atoms with Crippen molar-refractivity contribution in [1.82, 2.24) is 4.90 Å². The van der Waals surface area contributed by atoms with Crippen LogP contribution in [0.25, 0.3) is 0 Å². The topological polar surface area (TPSA) is 121 Å². The van der Waals surface area contributed by atoms with Gasteiger partial charge in [-0.2, -0.15) is 0 Å². The van der Waals surface area contributed by atoms with Gasteiger partial charge < -0.3 is 18.9 Å². The Balaban J connectivity index is 2.11. The van der Waals surface area contributed by atoms with E-state index in [9.17, 15) is 19.7 Å². The zero-order chi connectivity index (χ0) is 25.7. The number of non-ortho nitro benzene ring substituents is 1. The molecule has 0 radical (unpaired) electrons. The van der Waals surface area contributed by atoms with E-state index in [-0.39, 0.29) is 24.9 Å². The average Bonchev–Trinajstić information content (AvgIpc) is 2.85. The number of nitrogens with zero attached hydrogens (tertiary/aromatic N) is 3. The molecule has 1 aliphatic rings. The fourth-order valence-electron chi connectivity index (χ4n) is 4.26. The second-order valence-electron chi connectivity index (χ2n) is 7.96. The van der Waals surface area contributed by atoms with Crippen molar-refractivity contribution in [2.75, 3.05) is 32.8 Å². The van der Waals surface area contributed by atoms with Crippen LogP contribution in [0.2, 0.25) is 0 Å². The van der Waals surface area contributed by atoms with E-state index in [1.54, 1.807) is 36.1 Å². The largest absolute Gasteiger partial charge is 0.493 e. The van der Waals surface area contributed by atoms with E-state index in [4.69, 9.17) is 18.9 Å². The summed E-state index contributed by atoms with van der Waals surface area (Å²) in [5, 5.41) is 11.0. The summed E-state index contributed by atoms with van der Waals surface area (Å²) < 4.78 is 21.3. The Morgan fingerprint density at radius 2 is 1.74 bits per heavy atom. The van der Waals surface area contributed by atoms with Gasteiger partial charge in [0.2, 0.25) is 0 Å². The van der Waals surface area contributed by atoms with E-state index in [2.05, 4.69) is 0 Å². The molecule has 0 aromatic heterocycles. The number of hydrogen-bond acceptors (Lipinski definition) is 8. The molecule has 2 amide bonds. The summed E-state index contributed by atoms with van der Waals surface area (Å²) in [5.74, 6) is 0.864. The minimum atomic E-state index is -0.578. The van der Waals surface area contributed by atoms with Gasteiger partial charge in [0, 0.05) is 36.3 Å². The predicted octanol–water partition coefficient (Wildman–Crippen LogP) is 4.68. The fourth-order valence-corrected chi connectivity index (χ4v) is 4.26. The van der Waals surface area contributed by atoms with Crippen molar-refractivity contribution in [2.45, 2.75) is 38.9 Å². The number of nitro groups is 1. The molecule has 1 heterocycles. The number of amides is 2. The SMILES string of the molecule is CCOC(=O)N1c2cc(OC)c(OC)cc2C(N(Cc2ccc([N+](=O)[O-])cc2)C(=O)OC)CC1C. The molecule has 0 saturated heterocycles. The summed E-state index contributed by atoms with van der Waals surface area (Å²) in [6, 6.07) is 8.58. The standard InChI is InChI=1S/C24H29N3O8/c1-6-35-24(29)26-15(2)11-19(18-12-21(32-3)22(33-4)13-20(18)26)25(23(28)34-5)14-16-7-9-17(10-8-16)27(30)31/h7-10,12-13,15,19H,6,11,14H2,1-5H3. The molecule has 0 spiro atoms. The van der Waals surface area contributed by atoms with Crippen LogP contribution in [-0.2, 0) is 16.0 Å². The van der Waals surface area contributed by atoms with Gasteiger partial charge in [-0.1, -0.05) is 12.1 Å². The van der Waals surface area contributed by atoms with Gasteiger partial charge in [0.15, 0.2) is 11.5 Å². The summed E-state index contributed by atoms with van der Waals surface area (Å²) in [6.45, 7) is 3.94. The summed E-state index contributed by atoms with van der Waals surface area (Å²) in [6.07, 6.45) is -0.693. The molecule has 2 unspecified atom stereocenters. The van der Waals surface area contributed by atoms with Crippen molar-refractivity contribution in [3.63, 3.8) is 0 Å². The van der Waals surface area contributed by atoms with Crippen LogP contribution in [0.3, 0.4) is 0 Å². The number of rotatable bonds is 7. The molecule has 0 aliphatic carbocycles. The van der Waals surface area contributed by atoms with E-state index in [0.29, 0.717) is 34.7 Å². The second-order valence-corrected chi connectivity index (χ2v) is 7.96. The highest BCUT2D eigenvalue weighted by Crippen LogP contribution is 2.46. The predicted molar refractivity (Wildman–Crippen MR) is 127 cm³/mol. The van der Waals surface area contributed by atoms with E-state index < -0.39 is 23.2 Å². The first-order valence-corrected chi connectivity index (χ1v) is 11.0. The molecule has 3 rings (SSSR count). The Labute approximate surface area is 203 Å². The normalized spacial score (nSPS) is 16.7. The Hall–Kier alpha value is -4.02. The van der Waals surface area contributed by atoms with Crippen LogP contribution >= 0.6 is 0 Å².